The Kier molecular flexibility index (Phi) is 7.33. The number of allylic oxidation sites excluding steroid dienone is 1. The van der Waals surface area contributed by atoms with Crippen LogP contribution in [-0.2, 0) is 9.53 Å². The van der Waals surface area contributed by atoms with E-state index in [9.17, 15) is 9.59 Å². The molecule has 1 amide bonds. The number of carbonyl (C=O) groups is 2. The van der Waals surface area contributed by atoms with E-state index in [1.165, 1.54) is 44.6 Å². The van der Waals surface area contributed by atoms with Crippen LogP contribution in [0.3, 0.4) is 0 Å². The van der Waals surface area contributed by atoms with Gasteiger partial charge in [0, 0.05) is 12.6 Å². The summed E-state index contributed by atoms with van der Waals surface area (Å²) in [5.74, 6) is -0.787. The third-order valence-electron chi connectivity index (χ3n) is 4.32. The Morgan fingerprint density at radius 2 is 2.12 bits per heavy atom. The zero-order valence-corrected chi connectivity index (χ0v) is 15.9. The van der Waals surface area contributed by atoms with E-state index in [1.54, 1.807) is 0 Å². The van der Waals surface area contributed by atoms with Gasteiger partial charge < -0.3 is 20.5 Å². The van der Waals surface area contributed by atoms with E-state index in [0.717, 1.165) is 19.3 Å². The lowest BCUT2D eigenvalue weighted by molar-refractivity contribution is -0.129. The number of rotatable bonds is 7. The van der Waals surface area contributed by atoms with Crippen molar-refractivity contribution >= 4 is 29.2 Å². The average molecular weight is 381 g/mol. The minimum atomic E-state index is -0.927. The number of hydrogen-bond donors (Lipinski definition) is 2. The van der Waals surface area contributed by atoms with Crippen LogP contribution in [0.4, 0.5) is 5.69 Å². The van der Waals surface area contributed by atoms with Crippen LogP contribution < -0.4 is 15.8 Å². The normalized spacial score (nSPS) is 15.0. The fourth-order valence-corrected chi connectivity index (χ4v) is 2.96. The van der Waals surface area contributed by atoms with Crippen molar-refractivity contribution in [1.29, 1.82) is 0 Å². The minimum Gasteiger partial charge on any atom is -0.496 e. The van der Waals surface area contributed by atoms with Crippen LogP contribution in [0.15, 0.2) is 23.8 Å². The summed E-state index contributed by atoms with van der Waals surface area (Å²) in [6.45, 7) is 2.06. The van der Waals surface area contributed by atoms with Gasteiger partial charge in [0.2, 0.25) is 0 Å². The van der Waals surface area contributed by atoms with E-state index in [1.807, 2.05) is 0 Å². The molecule has 7 heteroatoms. The molecule has 6 nitrogen and oxygen atoms in total. The molecule has 0 fully saturated rings. The van der Waals surface area contributed by atoms with Crippen molar-refractivity contribution in [2.45, 2.75) is 45.1 Å². The van der Waals surface area contributed by atoms with Gasteiger partial charge in [-0.05, 0) is 45.1 Å². The molecule has 0 spiro atoms. The first-order chi connectivity index (χ1) is 12.4. The molecule has 0 aliphatic heterocycles. The van der Waals surface area contributed by atoms with Crippen molar-refractivity contribution in [3.05, 3.63) is 34.4 Å². The highest BCUT2D eigenvalue weighted by atomic mass is 35.5. The van der Waals surface area contributed by atoms with Crippen molar-refractivity contribution in [3.8, 4) is 5.75 Å². The van der Waals surface area contributed by atoms with Crippen molar-refractivity contribution in [3.63, 3.8) is 0 Å². The number of hydrogen-bond acceptors (Lipinski definition) is 5. The second kappa shape index (κ2) is 9.48. The topological polar surface area (TPSA) is 90.7 Å². The fraction of sp³-hybridized carbons (Fsp3) is 0.474. The minimum absolute atomic E-state index is 0.124. The van der Waals surface area contributed by atoms with Crippen LogP contribution in [0, 0.1) is 0 Å². The summed E-state index contributed by atoms with van der Waals surface area (Å²) in [4.78, 5) is 24.5. The van der Waals surface area contributed by atoms with Gasteiger partial charge in [-0.2, -0.15) is 0 Å². The number of esters is 1. The smallest absolute Gasteiger partial charge is 0.342 e. The highest BCUT2D eigenvalue weighted by Crippen LogP contribution is 2.29. The Bertz CT molecular complexity index is 703. The molecule has 1 atom stereocenters. The number of benzene rings is 1. The SMILES string of the molecule is COc1cc(N)c(Cl)cc1C(=O)O[C@@H](C)C(=O)NCCC1=CCCCC1. The third-order valence-corrected chi connectivity index (χ3v) is 4.65. The summed E-state index contributed by atoms with van der Waals surface area (Å²) in [5, 5.41) is 3.02. The molecule has 3 N–H and O–H groups in total. The molecule has 142 valence electrons. The largest absolute Gasteiger partial charge is 0.496 e. The zero-order chi connectivity index (χ0) is 19.1. The molecular formula is C19H25ClN2O4. The van der Waals surface area contributed by atoms with E-state index >= 15 is 0 Å². The maximum absolute atomic E-state index is 12.3. The number of nitrogen functional groups attached to an aromatic ring is 1. The van der Waals surface area contributed by atoms with Gasteiger partial charge in [0.1, 0.15) is 11.3 Å². The lowest BCUT2D eigenvalue weighted by atomic mass is 9.97. The summed E-state index contributed by atoms with van der Waals surface area (Å²) in [6.07, 6.45) is 6.80. The molecule has 1 aliphatic carbocycles. The molecule has 2 rings (SSSR count). The van der Waals surface area contributed by atoms with Gasteiger partial charge in [0.05, 0.1) is 17.8 Å². The van der Waals surface area contributed by atoms with E-state index in [0.29, 0.717) is 12.2 Å². The number of methoxy groups -OCH3 is 1. The second-order valence-corrected chi connectivity index (χ2v) is 6.68. The first-order valence-electron chi connectivity index (χ1n) is 8.72. The summed E-state index contributed by atoms with van der Waals surface area (Å²) in [7, 11) is 1.41. The molecule has 0 heterocycles. The molecule has 0 radical (unpaired) electrons. The van der Waals surface area contributed by atoms with Gasteiger partial charge in [-0.3, -0.25) is 4.79 Å². The lowest BCUT2D eigenvalue weighted by Gasteiger charge is -2.16. The summed E-state index contributed by atoms with van der Waals surface area (Å²) in [5.41, 5.74) is 7.49. The standard InChI is InChI=1S/C19H25ClN2O4/c1-12(18(23)22-9-8-13-6-4-3-5-7-13)26-19(24)14-10-15(20)16(21)11-17(14)25-2/h6,10-12H,3-5,7-9,21H2,1-2H3,(H,22,23)/t12-/m0/s1. The predicted octanol–water partition coefficient (Wildman–Crippen LogP) is 3.48. The van der Waals surface area contributed by atoms with Crippen molar-refractivity contribution < 1.29 is 19.1 Å². The zero-order valence-electron chi connectivity index (χ0n) is 15.1. The van der Waals surface area contributed by atoms with Crippen LogP contribution in [0.1, 0.15) is 49.4 Å². The predicted molar refractivity (Wildman–Crippen MR) is 101 cm³/mol. The molecule has 26 heavy (non-hydrogen) atoms. The number of anilines is 1. The maximum atomic E-state index is 12.3. The molecule has 0 bridgehead atoms. The lowest BCUT2D eigenvalue weighted by Crippen LogP contribution is -2.36. The second-order valence-electron chi connectivity index (χ2n) is 6.27. The molecule has 0 unspecified atom stereocenters. The Hall–Kier alpha value is -2.21. The van der Waals surface area contributed by atoms with Crippen LogP contribution in [0.25, 0.3) is 0 Å². The Morgan fingerprint density at radius 1 is 1.35 bits per heavy atom. The van der Waals surface area contributed by atoms with Crippen molar-refractivity contribution in [1.82, 2.24) is 5.32 Å². The number of carbonyl (C=O) groups excluding carboxylic acids is 2. The Morgan fingerprint density at radius 3 is 2.77 bits per heavy atom. The van der Waals surface area contributed by atoms with Crippen molar-refractivity contribution in [2.24, 2.45) is 0 Å². The Labute approximate surface area is 158 Å². The number of ether oxygens (including phenoxy) is 2. The third kappa shape index (κ3) is 5.39. The van der Waals surface area contributed by atoms with E-state index < -0.39 is 12.1 Å². The number of halogens is 1. The molecule has 0 saturated heterocycles. The number of nitrogens with two attached hydrogens (primary N) is 1. The van der Waals surface area contributed by atoms with Gasteiger partial charge in [0.15, 0.2) is 6.10 Å². The molecule has 1 aromatic carbocycles. The van der Waals surface area contributed by atoms with Crippen LogP contribution in [0.5, 0.6) is 5.75 Å². The van der Waals surface area contributed by atoms with E-state index in [-0.39, 0.29) is 22.2 Å². The highest BCUT2D eigenvalue weighted by Gasteiger charge is 2.22. The average Bonchev–Trinajstić information content (AvgIpc) is 2.64. The monoisotopic (exact) mass is 380 g/mol. The van der Waals surface area contributed by atoms with Gasteiger partial charge in [-0.15, -0.1) is 0 Å². The maximum Gasteiger partial charge on any atom is 0.342 e. The summed E-state index contributed by atoms with van der Waals surface area (Å²) in [6, 6.07) is 2.82. The highest BCUT2D eigenvalue weighted by molar-refractivity contribution is 6.33. The molecular weight excluding hydrogens is 356 g/mol. The molecule has 0 saturated carbocycles. The first kappa shape index (κ1) is 20.1. The van der Waals surface area contributed by atoms with Gasteiger partial charge in [0.25, 0.3) is 5.91 Å². The fourth-order valence-electron chi connectivity index (χ4n) is 2.80. The van der Waals surface area contributed by atoms with Crippen LogP contribution in [-0.4, -0.2) is 31.6 Å². The van der Waals surface area contributed by atoms with Crippen LogP contribution >= 0.6 is 11.6 Å². The molecule has 1 aromatic rings. The molecule has 0 aromatic heterocycles. The number of nitrogens with one attached hydrogen (secondary N) is 1. The van der Waals surface area contributed by atoms with Crippen molar-refractivity contribution in [2.75, 3.05) is 19.4 Å². The summed E-state index contributed by atoms with van der Waals surface area (Å²) >= 11 is 5.96. The van der Waals surface area contributed by atoms with Gasteiger partial charge >= 0.3 is 5.97 Å². The van der Waals surface area contributed by atoms with Crippen LogP contribution in [0.2, 0.25) is 5.02 Å². The van der Waals surface area contributed by atoms with Gasteiger partial charge in [-0.25, -0.2) is 4.79 Å². The van der Waals surface area contributed by atoms with E-state index in [4.69, 9.17) is 26.8 Å². The Balaban J connectivity index is 1.88. The molecule has 1 aliphatic rings. The van der Waals surface area contributed by atoms with E-state index in [2.05, 4.69) is 11.4 Å². The quantitative estimate of drug-likeness (QED) is 0.429. The summed E-state index contributed by atoms with van der Waals surface area (Å²) < 4.78 is 10.4. The van der Waals surface area contributed by atoms with Gasteiger partial charge in [-0.1, -0.05) is 23.3 Å². The number of amides is 1. The first-order valence-corrected chi connectivity index (χ1v) is 9.09.